The Hall–Kier alpha value is -3.41. The molecule has 1 aliphatic carbocycles. The largest absolute Gasteiger partial charge is 0.460 e. The Balaban J connectivity index is 1.68. The van der Waals surface area contributed by atoms with Gasteiger partial charge in [0.15, 0.2) is 5.78 Å². The summed E-state index contributed by atoms with van der Waals surface area (Å²) in [7, 11) is 4.60. The molecular formula is C53H83NO14. The highest BCUT2D eigenvalue weighted by molar-refractivity contribution is 6.39. The second kappa shape index (κ2) is 27.3. The maximum atomic E-state index is 14.4. The van der Waals surface area contributed by atoms with Crippen LogP contribution in [-0.2, 0) is 52.4 Å². The third kappa shape index (κ3) is 15.3. The number of allylic oxidation sites excluding steroid dienone is 5. The predicted octanol–water partition coefficient (Wildman–Crippen LogP) is 6.05. The Kier molecular flexibility index (Phi) is 22.9. The van der Waals surface area contributed by atoms with Gasteiger partial charge in [0.25, 0.3) is 11.7 Å². The number of hydrogen-bond acceptors (Lipinski definition) is 14. The molecule has 0 aromatic rings. The van der Waals surface area contributed by atoms with E-state index >= 15 is 0 Å². The van der Waals surface area contributed by atoms with Crippen molar-refractivity contribution in [2.75, 3.05) is 41.1 Å². The van der Waals surface area contributed by atoms with Crippen molar-refractivity contribution in [1.82, 2.24) is 4.90 Å². The van der Waals surface area contributed by atoms with Crippen molar-refractivity contribution in [3.05, 3.63) is 48.1 Å². The predicted molar refractivity (Wildman–Crippen MR) is 256 cm³/mol. The molecule has 15 nitrogen and oxygen atoms in total. The van der Waals surface area contributed by atoms with Gasteiger partial charge in [0.05, 0.1) is 43.7 Å². The lowest BCUT2D eigenvalue weighted by Crippen LogP contribution is -2.60. The zero-order valence-electron chi connectivity index (χ0n) is 42.4. The molecular weight excluding hydrogens is 875 g/mol. The van der Waals surface area contributed by atoms with Gasteiger partial charge in [-0.3, -0.25) is 19.2 Å². The van der Waals surface area contributed by atoms with Crippen molar-refractivity contribution < 1.29 is 67.7 Å². The number of aliphatic hydroxyl groups is 3. The van der Waals surface area contributed by atoms with Crippen LogP contribution in [0.15, 0.2) is 48.1 Å². The zero-order chi connectivity index (χ0) is 50.3. The van der Waals surface area contributed by atoms with Gasteiger partial charge in [0, 0.05) is 58.5 Å². The minimum absolute atomic E-state index is 0.0270. The summed E-state index contributed by atoms with van der Waals surface area (Å²) in [5.74, 6) is -8.33. The zero-order valence-corrected chi connectivity index (χ0v) is 42.4. The molecule has 1 unspecified atom stereocenters. The van der Waals surface area contributed by atoms with Crippen LogP contribution in [0.5, 0.6) is 0 Å². The summed E-state index contributed by atoms with van der Waals surface area (Å²) in [6.07, 6.45) is 13.0. The van der Waals surface area contributed by atoms with Crippen LogP contribution in [0.1, 0.15) is 119 Å². The van der Waals surface area contributed by atoms with Gasteiger partial charge in [-0.2, -0.15) is 0 Å². The molecule has 384 valence electrons. The van der Waals surface area contributed by atoms with E-state index in [4.69, 9.17) is 28.4 Å². The number of ether oxygens (including phenoxy) is 6. The Morgan fingerprint density at radius 3 is 2.26 bits per heavy atom. The normalized spacial score (nSPS) is 38.1. The fraction of sp³-hybridized carbons (Fsp3) is 0.755. The quantitative estimate of drug-likeness (QED) is 0.137. The molecule has 4 aliphatic rings. The summed E-state index contributed by atoms with van der Waals surface area (Å²) < 4.78 is 35.6. The van der Waals surface area contributed by atoms with Crippen molar-refractivity contribution >= 4 is 29.2 Å². The van der Waals surface area contributed by atoms with E-state index in [0.29, 0.717) is 44.9 Å². The topological polar surface area (TPSA) is 205 Å². The second-order valence-corrected chi connectivity index (χ2v) is 20.3. The van der Waals surface area contributed by atoms with Crippen molar-refractivity contribution in [1.29, 1.82) is 0 Å². The number of methoxy groups -OCH3 is 3. The Bertz CT molecular complexity index is 1790. The third-order valence-corrected chi connectivity index (χ3v) is 15.0. The van der Waals surface area contributed by atoms with E-state index < -0.39 is 83.7 Å². The summed E-state index contributed by atoms with van der Waals surface area (Å²) in [5, 5.41) is 32.8. The van der Waals surface area contributed by atoms with Crippen molar-refractivity contribution in [2.45, 2.75) is 174 Å². The van der Waals surface area contributed by atoms with E-state index in [-0.39, 0.29) is 80.5 Å². The maximum Gasteiger partial charge on any atom is 0.329 e. The molecule has 1 saturated carbocycles. The number of ketones is 3. The van der Waals surface area contributed by atoms with Crippen LogP contribution in [0.3, 0.4) is 0 Å². The van der Waals surface area contributed by atoms with E-state index in [9.17, 15) is 39.3 Å². The van der Waals surface area contributed by atoms with E-state index in [2.05, 4.69) is 0 Å². The number of aliphatic hydroxyl groups excluding tert-OH is 2. The summed E-state index contributed by atoms with van der Waals surface area (Å²) in [4.78, 5) is 72.0. The SMILES string of the molecule is CO[C@H]1C[C@@H]2CC[C@@H](C)[C@@](O)(O2)C(=O)C(=O)N2CC=CC[C@H]2C(=O)O[C@H]([C@H](C)C[C@@H]2CC[C@@H](OCCO)[C@H](OC)C2)CC(=O)[C@H](C)CC(C)[C@@H](O)[C@@H](OC)C(=O)[C@H](C)C[C@H](C)/C=C/C=CC=C1C. The number of cyclic esters (lactones) is 1. The Morgan fingerprint density at radius 2 is 1.59 bits per heavy atom. The van der Waals surface area contributed by atoms with Gasteiger partial charge in [-0.25, -0.2) is 4.79 Å². The summed E-state index contributed by atoms with van der Waals surface area (Å²) in [5.41, 5.74) is 0.875. The summed E-state index contributed by atoms with van der Waals surface area (Å²) >= 11 is 0. The third-order valence-electron chi connectivity index (χ3n) is 15.0. The van der Waals surface area contributed by atoms with Gasteiger partial charge >= 0.3 is 5.97 Å². The number of carbonyl (C=O) groups is 5. The molecule has 3 heterocycles. The standard InChI is InChI=1S/C53H83NO14/c1-32-16-12-11-13-17-33(2)44(63-8)30-40-21-19-38(7)53(62,68-40)50(59)51(60)54-23-15-14-18-41(54)52(61)67-45(35(4)28-39-20-22-43(66-25-24-55)46(29-39)64-9)31-42(56)34(3)27-37(6)48(58)49(65-10)47(57)36(5)26-32/h11-17,32,34-41,43-46,48-49,55,58,62H,18-31H2,1-10H3/b13-11?,16-12+,33-17?/t32-,34-,35-,36-,37?,38-,39+,40+,41+,43-,44+,45+,46-,48-,49+,53-/m1/s1. The smallest absolute Gasteiger partial charge is 0.329 e. The molecule has 1 saturated heterocycles. The number of esters is 1. The molecule has 15 heteroatoms. The fourth-order valence-corrected chi connectivity index (χ4v) is 10.5. The van der Waals surface area contributed by atoms with E-state index in [1.807, 2.05) is 58.1 Å². The van der Waals surface area contributed by atoms with Gasteiger partial charge < -0.3 is 48.6 Å². The van der Waals surface area contributed by atoms with Gasteiger partial charge in [-0.15, -0.1) is 0 Å². The molecule has 16 atom stereocenters. The Labute approximate surface area is 405 Å². The second-order valence-electron chi connectivity index (χ2n) is 20.3. The Morgan fingerprint density at radius 1 is 0.853 bits per heavy atom. The van der Waals surface area contributed by atoms with Crippen molar-refractivity contribution in [3.8, 4) is 0 Å². The first-order valence-corrected chi connectivity index (χ1v) is 25.0. The molecule has 1 amide bonds. The average Bonchev–Trinajstić information content (AvgIpc) is 3.32. The van der Waals surface area contributed by atoms with Crippen LogP contribution in [0.2, 0.25) is 0 Å². The lowest BCUT2D eigenvalue weighted by atomic mass is 9.78. The molecule has 0 spiro atoms. The van der Waals surface area contributed by atoms with E-state index in [0.717, 1.165) is 16.9 Å². The van der Waals surface area contributed by atoms with Crippen LogP contribution in [0.25, 0.3) is 0 Å². The molecule has 2 bridgehead atoms. The number of Topliss-reactive ketones (excluding diaryl/α,β-unsaturated/α-hetero) is 3. The minimum atomic E-state index is -2.45. The van der Waals surface area contributed by atoms with Crippen LogP contribution >= 0.6 is 0 Å². The van der Waals surface area contributed by atoms with Crippen molar-refractivity contribution in [2.24, 2.45) is 41.4 Å². The molecule has 68 heavy (non-hydrogen) atoms. The monoisotopic (exact) mass is 958 g/mol. The van der Waals surface area contributed by atoms with E-state index in [1.165, 1.54) is 7.11 Å². The first kappa shape index (κ1) is 57.2. The summed E-state index contributed by atoms with van der Waals surface area (Å²) in [6, 6.07) is -1.22. The highest BCUT2D eigenvalue weighted by Crippen LogP contribution is 2.38. The number of carbonyl (C=O) groups excluding carboxylic acids is 5. The number of hydrogen-bond donors (Lipinski definition) is 3. The van der Waals surface area contributed by atoms with Crippen LogP contribution in [0.4, 0.5) is 0 Å². The average molecular weight is 958 g/mol. The maximum absolute atomic E-state index is 14.4. The van der Waals surface area contributed by atoms with Gasteiger partial charge in [0.1, 0.15) is 24.0 Å². The molecule has 4 rings (SSSR count). The van der Waals surface area contributed by atoms with E-state index in [1.54, 1.807) is 47.1 Å². The molecule has 0 aromatic heterocycles. The first-order chi connectivity index (χ1) is 32.3. The number of rotatable bonds is 9. The highest BCUT2D eigenvalue weighted by atomic mass is 16.6. The molecule has 0 radical (unpaired) electrons. The van der Waals surface area contributed by atoms with Gasteiger partial charge in [-0.1, -0.05) is 84.1 Å². The lowest BCUT2D eigenvalue weighted by molar-refractivity contribution is -0.265. The van der Waals surface area contributed by atoms with Crippen LogP contribution in [0, 0.1) is 41.4 Å². The highest BCUT2D eigenvalue weighted by Gasteiger charge is 2.53. The minimum Gasteiger partial charge on any atom is -0.460 e. The lowest BCUT2D eigenvalue weighted by Gasteiger charge is -2.42. The van der Waals surface area contributed by atoms with Crippen LogP contribution in [-0.4, -0.2) is 145 Å². The fourth-order valence-electron chi connectivity index (χ4n) is 10.5. The van der Waals surface area contributed by atoms with Crippen molar-refractivity contribution in [3.63, 3.8) is 0 Å². The van der Waals surface area contributed by atoms with Gasteiger partial charge in [0.2, 0.25) is 5.79 Å². The molecule has 2 fully saturated rings. The number of amides is 1. The molecule has 3 aliphatic heterocycles. The number of nitrogens with zero attached hydrogens (tertiary/aromatic N) is 1. The van der Waals surface area contributed by atoms with Gasteiger partial charge in [-0.05, 0) is 94.0 Å². The van der Waals surface area contributed by atoms with Crippen LogP contribution < -0.4 is 0 Å². The summed E-state index contributed by atoms with van der Waals surface area (Å²) in [6.45, 7) is 12.9. The number of fused-ring (bicyclic) bond motifs is 3. The molecule has 3 N–H and O–H groups in total. The first-order valence-electron chi connectivity index (χ1n) is 25.0. The molecule has 0 aromatic carbocycles.